The highest BCUT2D eigenvalue weighted by Crippen LogP contribution is 2.23. The van der Waals surface area contributed by atoms with Crippen molar-refractivity contribution in [3.63, 3.8) is 0 Å². The maximum absolute atomic E-state index is 12.1. The molecule has 0 aliphatic heterocycles. The molecule has 0 aromatic carbocycles. The van der Waals surface area contributed by atoms with Gasteiger partial charge >= 0.3 is 0 Å². The van der Waals surface area contributed by atoms with Gasteiger partial charge in [-0.3, -0.25) is 0 Å². The molecule has 9 heteroatoms. The highest BCUT2D eigenvalue weighted by molar-refractivity contribution is 7.92. The third kappa shape index (κ3) is 3.58. The van der Waals surface area contributed by atoms with Crippen molar-refractivity contribution in [1.29, 1.82) is 0 Å². The van der Waals surface area contributed by atoms with Crippen molar-refractivity contribution < 1.29 is 8.42 Å². The minimum atomic E-state index is -3.48. The Kier molecular flexibility index (Phi) is 4.27. The Labute approximate surface area is 119 Å². The predicted octanol–water partition coefficient (Wildman–Crippen LogP) is 1.87. The fraction of sp³-hybridized carbons (Fsp3) is 0.300. The van der Waals surface area contributed by atoms with Gasteiger partial charge in [0.2, 0.25) is 19.3 Å². The molecular weight excluding hydrogens is 304 g/mol. The largest absolute Gasteiger partial charge is 0.357 e. The highest BCUT2D eigenvalue weighted by Gasteiger charge is 2.22. The van der Waals surface area contributed by atoms with Gasteiger partial charge in [-0.1, -0.05) is 17.4 Å². The van der Waals surface area contributed by atoms with Gasteiger partial charge < -0.3 is 5.32 Å². The summed E-state index contributed by atoms with van der Waals surface area (Å²) in [5.41, 5.74) is 0.540. The molecule has 0 aliphatic carbocycles. The van der Waals surface area contributed by atoms with Gasteiger partial charge in [-0.05, 0) is 6.92 Å². The summed E-state index contributed by atoms with van der Waals surface area (Å²) in [6, 6.07) is 0. The zero-order chi connectivity index (χ0) is 13.9. The number of nitrogens with one attached hydrogen (secondary N) is 1. The summed E-state index contributed by atoms with van der Waals surface area (Å²) in [5, 5.41) is 13.4. The molecule has 0 saturated heterocycles. The third-order valence-corrected chi connectivity index (χ3v) is 5.87. The zero-order valence-electron chi connectivity index (χ0n) is 10.2. The number of nitrogens with zero attached hydrogens (tertiary/aromatic N) is 3. The topological polar surface area (TPSA) is 84.8 Å². The second-order valence-corrected chi connectivity index (χ2v) is 7.86. The molecule has 1 N–H and O–H groups in total. The van der Waals surface area contributed by atoms with Gasteiger partial charge in [0.15, 0.2) is 0 Å². The van der Waals surface area contributed by atoms with Gasteiger partial charge in [-0.15, -0.1) is 28.1 Å². The van der Waals surface area contributed by atoms with Crippen LogP contribution in [0.15, 0.2) is 22.4 Å². The number of rotatable bonds is 6. The number of thiazole rings is 1. The minimum Gasteiger partial charge on any atom is -0.357 e. The molecular formula is C10H12N4O2S3. The lowest BCUT2D eigenvalue weighted by molar-refractivity contribution is 0.592. The summed E-state index contributed by atoms with van der Waals surface area (Å²) < 4.78 is 24.2. The number of anilines is 1. The van der Waals surface area contributed by atoms with Crippen LogP contribution in [0.2, 0.25) is 0 Å². The van der Waals surface area contributed by atoms with Crippen molar-refractivity contribution in [3.8, 4) is 0 Å². The molecule has 102 valence electrons. The quantitative estimate of drug-likeness (QED) is 0.819. The van der Waals surface area contributed by atoms with Crippen LogP contribution < -0.4 is 5.32 Å². The van der Waals surface area contributed by atoms with Crippen LogP contribution in [0.1, 0.15) is 10.7 Å². The van der Waals surface area contributed by atoms with Crippen LogP contribution >= 0.6 is 22.7 Å². The molecule has 0 bridgehead atoms. The van der Waals surface area contributed by atoms with Crippen molar-refractivity contribution in [1.82, 2.24) is 15.2 Å². The Morgan fingerprint density at radius 2 is 2.26 bits per heavy atom. The maximum atomic E-state index is 12.1. The van der Waals surface area contributed by atoms with Gasteiger partial charge in [0.25, 0.3) is 0 Å². The summed E-state index contributed by atoms with van der Waals surface area (Å²) in [6.07, 6.45) is 1.66. The van der Waals surface area contributed by atoms with Crippen LogP contribution in [0.5, 0.6) is 0 Å². The predicted molar refractivity (Wildman–Crippen MR) is 76.3 cm³/mol. The monoisotopic (exact) mass is 316 g/mol. The second kappa shape index (κ2) is 5.76. The molecule has 0 aliphatic rings. The third-order valence-electron chi connectivity index (χ3n) is 2.07. The number of hydrogen-bond acceptors (Lipinski definition) is 8. The molecule has 2 aromatic rings. The van der Waals surface area contributed by atoms with Crippen LogP contribution in [0.4, 0.5) is 5.13 Å². The van der Waals surface area contributed by atoms with Crippen LogP contribution in [-0.4, -0.2) is 30.1 Å². The smallest absolute Gasteiger partial charge is 0.234 e. The average molecular weight is 316 g/mol. The van der Waals surface area contributed by atoms with Crippen LogP contribution in [0, 0.1) is 6.92 Å². The van der Waals surface area contributed by atoms with E-state index in [9.17, 15) is 8.42 Å². The molecule has 0 saturated carbocycles. The first-order valence-electron chi connectivity index (χ1n) is 5.33. The maximum Gasteiger partial charge on any atom is 0.234 e. The van der Waals surface area contributed by atoms with Crippen LogP contribution in [-0.2, 0) is 15.6 Å². The van der Waals surface area contributed by atoms with E-state index in [-0.39, 0.29) is 10.1 Å². The lowest BCUT2D eigenvalue weighted by Crippen LogP contribution is -2.05. The van der Waals surface area contributed by atoms with Gasteiger partial charge in [-0.25, -0.2) is 13.4 Å². The van der Waals surface area contributed by atoms with Crippen molar-refractivity contribution in [2.24, 2.45) is 0 Å². The van der Waals surface area contributed by atoms with E-state index in [0.29, 0.717) is 17.4 Å². The van der Waals surface area contributed by atoms with E-state index in [4.69, 9.17) is 0 Å². The van der Waals surface area contributed by atoms with E-state index < -0.39 is 9.84 Å². The average Bonchev–Trinajstić information content (AvgIpc) is 2.95. The van der Waals surface area contributed by atoms with Gasteiger partial charge in [0, 0.05) is 11.9 Å². The fourth-order valence-corrected chi connectivity index (χ4v) is 4.25. The normalized spacial score (nSPS) is 11.4. The van der Waals surface area contributed by atoms with E-state index in [2.05, 4.69) is 27.1 Å². The van der Waals surface area contributed by atoms with E-state index in [1.54, 1.807) is 11.5 Å². The standard InChI is InChI=1S/C10H12N4O2S3/c1-3-4-11-9-13-14-10(18-9)19(15,16)6-8-5-17-7(2)12-8/h3,5H,1,4,6H2,2H3,(H,11,13). The molecule has 2 heterocycles. The molecule has 2 aromatic heterocycles. The molecule has 0 atom stereocenters. The zero-order valence-corrected chi connectivity index (χ0v) is 12.6. The van der Waals surface area contributed by atoms with Gasteiger partial charge in [0.05, 0.1) is 10.7 Å². The van der Waals surface area contributed by atoms with Crippen molar-refractivity contribution in [3.05, 3.63) is 28.7 Å². The van der Waals surface area contributed by atoms with E-state index in [1.807, 2.05) is 6.92 Å². The first-order valence-corrected chi connectivity index (χ1v) is 8.68. The summed E-state index contributed by atoms with van der Waals surface area (Å²) in [6.45, 7) is 5.91. The van der Waals surface area contributed by atoms with Crippen LogP contribution in [0.3, 0.4) is 0 Å². The number of aromatic nitrogens is 3. The Balaban J connectivity index is 2.15. The SMILES string of the molecule is C=CCNc1nnc(S(=O)(=O)Cc2csc(C)n2)s1. The van der Waals surface area contributed by atoms with Crippen molar-refractivity contribution >= 4 is 37.6 Å². The summed E-state index contributed by atoms with van der Waals surface area (Å²) in [5.74, 6) is -0.145. The highest BCUT2D eigenvalue weighted by atomic mass is 32.2. The summed E-state index contributed by atoms with van der Waals surface area (Å²) in [7, 11) is -3.48. The Bertz CT molecular complexity index is 675. The lowest BCUT2D eigenvalue weighted by Gasteiger charge is -1.96. The molecule has 0 amide bonds. The molecule has 19 heavy (non-hydrogen) atoms. The first kappa shape index (κ1) is 14.1. The molecule has 0 unspecified atom stereocenters. The molecule has 0 fully saturated rings. The molecule has 2 rings (SSSR count). The van der Waals surface area contributed by atoms with E-state index in [0.717, 1.165) is 16.3 Å². The second-order valence-electron chi connectivity index (χ2n) is 3.66. The number of hydrogen-bond donors (Lipinski definition) is 1. The number of aryl methyl sites for hydroxylation is 1. The summed E-state index contributed by atoms with van der Waals surface area (Å²) in [4.78, 5) is 4.14. The lowest BCUT2D eigenvalue weighted by atomic mass is 10.6. The Morgan fingerprint density at radius 1 is 1.47 bits per heavy atom. The Hall–Kier alpha value is -1.32. The Morgan fingerprint density at radius 3 is 2.89 bits per heavy atom. The number of sulfone groups is 1. The van der Waals surface area contributed by atoms with E-state index in [1.165, 1.54) is 11.3 Å². The molecule has 0 spiro atoms. The molecule has 6 nitrogen and oxygen atoms in total. The van der Waals surface area contributed by atoms with E-state index >= 15 is 0 Å². The minimum absolute atomic E-state index is 0.00437. The van der Waals surface area contributed by atoms with Crippen LogP contribution in [0.25, 0.3) is 0 Å². The van der Waals surface area contributed by atoms with Crippen molar-refractivity contribution in [2.45, 2.75) is 17.0 Å². The fourth-order valence-electron chi connectivity index (χ4n) is 1.30. The first-order chi connectivity index (χ1) is 9.01. The van der Waals surface area contributed by atoms with Crippen molar-refractivity contribution in [2.75, 3.05) is 11.9 Å². The van der Waals surface area contributed by atoms with Gasteiger partial charge in [-0.2, -0.15) is 0 Å². The summed E-state index contributed by atoms with van der Waals surface area (Å²) >= 11 is 2.44. The van der Waals surface area contributed by atoms with Gasteiger partial charge in [0.1, 0.15) is 5.75 Å². The molecule has 0 radical (unpaired) electrons.